The number of unbranched alkanes of at least 4 members (excludes halogenated alkanes) is 4. The van der Waals surface area contributed by atoms with Gasteiger partial charge in [0.2, 0.25) is 0 Å². The maximum Gasteiger partial charge on any atom is 0.151 e. The predicted molar refractivity (Wildman–Crippen MR) is 109 cm³/mol. The molecule has 134 valence electrons. The van der Waals surface area contributed by atoms with Crippen molar-refractivity contribution < 1.29 is 0 Å². The van der Waals surface area contributed by atoms with Crippen molar-refractivity contribution in [2.75, 3.05) is 12.3 Å². The first-order chi connectivity index (χ1) is 12.2. The largest absolute Gasteiger partial charge is 0.382 e. The van der Waals surface area contributed by atoms with Gasteiger partial charge in [-0.25, -0.2) is 9.97 Å². The second-order valence-corrected chi connectivity index (χ2v) is 7.73. The molecular weight excluding hydrogens is 328 g/mol. The Kier molecular flexibility index (Phi) is 6.21. The fourth-order valence-corrected chi connectivity index (χ4v) is 4.49. The summed E-state index contributed by atoms with van der Waals surface area (Å²) in [5, 5.41) is 2.43. The van der Waals surface area contributed by atoms with Gasteiger partial charge in [-0.05, 0) is 50.3 Å². The zero-order valence-electron chi connectivity index (χ0n) is 15.1. The molecule has 1 aromatic carbocycles. The van der Waals surface area contributed by atoms with E-state index in [4.69, 9.17) is 16.5 Å². The molecule has 4 nitrogen and oxygen atoms in total. The van der Waals surface area contributed by atoms with E-state index in [9.17, 15) is 0 Å². The number of thiazole rings is 1. The summed E-state index contributed by atoms with van der Waals surface area (Å²) in [6, 6.07) is 6.39. The van der Waals surface area contributed by atoms with Gasteiger partial charge in [-0.3, -0.25) is 0 Å². The third kappa shape index (κ3) is 4.10. The number of aryl methyl sites for hydroxylation is 2. The normalized spacial score (nSPS) is 11.6. The highest BCUT2D eigenvalue weighted by atomic mass is 32.1. The summed E-state index contributed by atoms with van der Waals surface area (Å²) >= 11 is 1.79. The minimum Gasteiger partial charge on any atom is -0.382 e. The lowest BCUT2D eigenvalue weighted by molar-refractivity contribution is 0.648. The Morgan fingerprint density at radius 2 is 1.84 bits per heavy atom. The Hall–Kier alpha value is -1.72. The van der Waals surface area contributed by atoms with Gasteiger partial charge in [-0.15, -0.1) is 11.3 Å². The summed E-state index contributed by atoms with van der Waals surface area (Å²) in [4.78, 5) is 9.40. The van der Waals surface area contributed by atoms with Crippen molar-refractivity contribution in [2.24, 2.45) is 5.73 Å². The average Bonchev–Trinajstić information content (AvgIpc) is 3.04. The molecule has 0 saturated heterocycles. The van der Waals surface area contributed by atoms with Gasteiger partial charge in [0.15, 0.2) is 5.82 Å². The fraction of sp³-hybridized carbons (Fsp3) is 0.500. The molecule has 25 heavy (non-hydrogen) atoms. The Labute approximate surface area is 153 Å². The molecule has 0 atom stereocenters. The maximum atomic E-state index is 6.19. The Bertz CT molecular complexity index is 840. The van der Waals surface area contributed by atoms with Crippen molar-refractivity contribution in [3.05, 3.63) is 28.8 Å². The monoisotopic (exact) mass is 356 g/mol. The topological polar surface area (TPSA) is 77.8 Å². The lowest BCUT2D eigenvalue weighted by Crippen LogP contribution is -1.98. The highest BCUT2D eigenvalue weighted by Crippen LogP contribution is 2.35. The van der Waals surface area contributed by atoms with Gasteiger partial charge < -0.3 is 11.5 Å². The molecule has 0 aliphatic carbocycles. The van der Waals surface area contributed by atoms with E-state index in [-0.39, 0.29) is 0 Å². The number of hydrogen-bond donors (Lipinski definition) is 2. The first-order valence-electron chi connectivity index (χ1n) is 9.41. The third-order valence-electron chi connectivity index (χ3n) is 4.66. The number of nitrogen functional groups attached to an aromatic ring is 1. The number of hydrogen-bond acceptors (Lipinski definition) is 5. The summed E-state index contributed by atoms with van der Waals surface area (Å²) in [6.07, 6.45) is 9.19. The zero-order chi connectivity index (χ0) is 17.6. The predicted octanol–water partition coefficient (Wildman–Crippen LogP) is 4.83. The number of benzene rings is 1. The number of aromatic nitrogens is 2. The molecule has 3 rings (SSSR count). The average molecular weight is 357 g/mol. The fourth-order valence-electron chi connectivity index (χ4n) is 3.29. The summed E-state index contributed by atoms with van der Waals surface area (Å²) in [7, 11) is 0. The SMILES string of the molecule is CCCCc1nc2c(N)nc3cccc(CCCCCCN)c3c2s1. The number of nitrogens with zero attached hydrogens (tertiary/aromatic N) is 2. The number of pyridine rings is 1. The van der Waals surface area contributed by atoms with E-state index in [0.29, 0.717) is 5.82 Å². The van der Waals surface area contributed by atoms with Crippen LogP contribution in [0.15, 0.2) is 18.2 Å². The molecule has 5 heteroatoms. The molecule has 0 bridgehead atoms. The molecule has 0 unspecified atom stereocenters. The van der Waals surface area contributed by atoms with Crippen LogP contribution in [0.3, 0.4) is 0 Å². The second kappa shape index (κ2) is 8.59. The highest BCUT2D eigenvalue weighted by Gasteiger charge is 2.14. The van der Waals surface area contributed by atoms with Crippen LogP contribution in [0.25, 0.3) is 21.1 Å². The van der Waals surface area contributed by atoms with Crippen molar-refractivity contribution in [1.82, 2.24) is 9.97 Å². The Morgan fingerprint density at radius 3 is 2.64 bits per heavy atom. The smallest absolute Gasteiger partial charge is 0.151 e. The summed E-state index contributed by atoms with van der Waals surface area (Å²) in [5.74, 6) is 0.557. The van der Waals surface area contributed by atoms with Gasteiger partial charge in [0.05, 0.1) is 15.2 Å². The minimum absolute atomic E-state index is 0.557. The Morgan fingerprint density at radius 1 is 1.00 bits per heavy atom. The summed E-state index contributed by atoms with van der Waals surface area (Å²) in [5.41, 5.74) is 15.0. The van der Waals surface area contributed by atoms with Gasteiger partial charge >= 0.3 is 0 Å². The lowest BCUT2D eigenvalue weighted by atomic mass is 10.0. The molecule has 0 aliphatic heterocycles. The van der Waals surface area contributed by atoms with E-state index in [1.807, 2.05) is 0 Å². The number of nitrogens with two attached hydrogens (primary N) is 2. The van der Waals surface area contributed by atoms with Crippen LogP contribution in [-0.2, 0) is 12.8 Å². The lowest BCUT2D eigenvalue weighted by Gasteiger charge is -2.08. The molecule has 2 heterocycles. The number of rotatable bonds is 9. The van der Waals surface area contributed by atoms with Crippen LogP contribution < -0.4 is 11.5 Å². The molecule has 0 aliphatic rings. The van der Waals surface area contributed by atoms with Crippen LogP contribution in [0, 0.1) is 0 Å². The summed E-state index contributed by atoms with van der Waals surface area (Å²) < 4.78 is 1.21. The van der Waals surface area contributed by atoms with E-state index in [0.717, 1.165) is 36.8 Å². The van der Waals surface area contributed by atoms with Crippen LogP contribution in [-0.4, -0.2) is 16.5 Å². The third-order valence-corrected chi connectivity index (χ3v) is 5.79. The molecule has 0 fully saturated rings. The number of fused-ring (bicyclic) bond motifs is 3. The summed E-state index contributed by atoms with van der Waals surface area (Å²) in [6.45, 7) is 3.00. The second-order valence-electron chi connectivity index (χ2n) is 6.65. The molecule has 0 saturated carbocycles. The maximum absolute atomic E-state index is 6.19. The van der Waals surface area contributed by atoms with Gasteiger partial charge in [0, 0.05) is 5.39 Å². The molecular formula is C20H28N4S. The van der Waals surface area contributed by atoms with Crippen molar-refractivity contribution in [3.8, 4) is 0 Å². The minimum atomic E-state index is 0.557. The molecule has 4 N–H and O–H groups in total. The van der Waals surface area contributed by atoms with Crippen LogP contribution in [0.2, 0.25) is 0 Å². The highest BCUT2D eigenvalue weighted by molar-refractivity contribution is 7.19. The first kappa shape index (κ1) is 18.1. The zero-order valence-corrected chi connectivity index (χ0v) is 15.9. The van der Waals surface area contributed by atoms with E-state index in [1.165, 1.54) is 52.8 Å². The van der Waals surface area contributed by atoms with E-state index >= 15 is 0 Å². The van der Waals surface area contributed by atoms with Gasteiger partial charge in [0.25, 0.3) is 0 Å². The number of anilines is 1. The van der Waals surface area contributed by atoms with Gasteiger partial charge in [-0.2, -0.15) is 0 Å². The molecule has 0 spiro atoms. The first-order valence-corrected chi connectivity index (χ1v) is 10.2. The van der Waals surface area contributed by atoms with Crippen LogP contribution >= 0.6 is 11.3 Å². The molecule has 0 amide bonds. The van der Waals surface area contributed by atoms with E-state index in [1.54, 1.807) is 11.3 Å². The van der Waals surface area contributed by atoms with Crippen molar-refractivity contribution in [3.63, 3.8) is 0 Å². The Balaban J connectivity index is 1.95. The van der Waals surface area contributed by atoms with Gasteiger partial charge in [-0.1, -0.05) is 38.3 Å². The molecule has 3 aromatic rings. The standard InChI is InChI=1S/C20H28N4S/c1-2-3-12-16-24-18-19(25-16)17-14(9-6-4-5-7-13-21)10-8-11-15(17)23-20(18)22/h8,10-11H,2-7,9,12-13,21H2,1H3,(H2,22,23). The quantitative estimate of drug-likeness (QED) is 0.538. The molecule has 0 radical (unpaired) electrons. The molecule has 2 aromatic heterocycles. The van der Waals surface area contributed by atoms with Crippen molar-refractivity contribution >= 4 is 38.3 Å². The van der Waals surface area contributed by atoms with E-state index < -0.39 is 0 Å². The van der Waals surface area contributed by atoms with Crippen LogP contribution in [0.1, 0.15) is 56.0 Å². The van der Waals surface area contributed by atoms with Crippen LogP contribution in [0.4, 0.5) is 5.82 Å². The van der Waals surface area contributed by atoms with Crippen molar-refractivity contribution in [1.29, 1.82) is 0 Å². The van der Waals surface area contributed by atoms with Gasteiger partial charge in [0.1, 0.15) is 5.52 Å². The van der Waals surface area contributed by atoms with Crippen molar-refractivity contribution in [2.45, 2.75) is 58.3 Å². The van der Waals surface area contributed by atoms with Crippen LogP contribution in [0.5, 0.6) is 0 Å². The van der Waals surface area contributed by atoms with E-state index in [2.05, 4.69) is 30.1 Å².